The van der Waals surface area contributed by atoms with Gasteiger partial charge >= 0.3 is 0 Å². The zero-order valence-electron chi connectivity index (χ0n) is 17.7. The van der Waals surface area contributed by atoms with Gasteiger partial charge in [-0.25, -0.2) is 0 Å². The summed E-state index contributed by atoms with van der Waals surface area (Å²) in [5.41, 5.74) is 8.03. The monoisotopic (exact) mass is 454 g/mol. The molecule has 0 aliphatic rings. The molecule has 0 aromatic heterocycles. The molecule has 0 aliphatic heterocycles. The Morgan fingerprint density at radius 3 is 2.20 bits per heavy atom. The van der Waals surface area contributed by atoms with Gasteiger partial charge in [-0.05, 0) is 50.2 Å². The van der Waals surface area contributed by atoms with Gasteiger partial charge in [0.2, 0.25) is 0 Å². The van der Waals surface area contributed by atoms with Crippen molar-refractivity contribution >= 4 is 42.3 Å². The van der Waals surface area contributed by atoms with Crippen LogP contribution in [0.5, 0.6) is 0 Å². The van der Waals surface area contributed by atoms with E-state index < -0.39 is 0 Å². The van der Waals surface area contributed by atoms with Crippen molar-refractivity contribution in [2.45, 2.75) is 33.4 Å². The number of para-hydroxylation sites is 1. The molecule has 2 aromatic rings. The van der Waals surface area contributed by atoms with Gasteiger partial charge in [0.15, 0.2) is 0 Å². The van der Waals surface area contributed by atoms with Crippen molar-refractivity contribution in [2.24, 2.45) is 5.73 Å². The molecule has 0 spiro atoms. The number of anilines is 1. The molecule has 30 heavy (non-hydrogen) atoms. The molecule has 6 nitrogen and oxygen atoms in total. The van der Waals surface area contributed by atoms with E-state index in [2.05, 4.69) is 36.3 Å². The number of amides is 2. The molecular formula is C22H32Cl2N4O2. The second kappa shape index (κ2) is 14.0. The van der Waals surface area contributed by atoms with Gasteiger partial charge in [0.25, 0.3) is 11.8 Å². The van der Waals surface area contributed by atoms with Crippen molar-refractivity contribution in [1.82, 2.24) is 10.2 Å². The first kappa shape index (κ1) is 27.9. The predicted octanol–water partition coefficient (Wildman–Crippen LogP) is 3.70. The lowest BCUT2D eigenvalue weighted by molar-refractivity contribution is 0.0955. The SMILES string of the molecule is CCN(Cc1ccc(C(=O)Nc2ccccc2C(=O)NCCN)cc1)C(C)C.Cl.Cl. The van der Waals surface area contributed by atoms with Crippen LogP contribution >= 0.6 is 24.8 Å². The molecule has 0 aliphatic carbocycles. The summed E-state index contributed by atoms with van der Waals surface area (Å²) in [4.78, 5) is 27.2. The first-order valence-electron chi connectivity index (χ1n) is 9.67. The van der Waals surface area contributed by atoms with Crippen LogP contribution < -0.4 is 16.4 Å². The fourth-order valence-corrected chi connectivity index (χ4v) is 2.92. The zero-order valence-corrected chi connectivity index (χ0v) is 19.3. The lowest BCUT2D eigenvalue weighted by Crippen LogP contribution is -2.30. The molecular weight excluding hydrogens is 423 g/mol. The van der Waals surface area contributed by atoms with Crippen LogP contribution in [0.3, 0.4) is 0 Å². The summed E-state index contributed by atoms with van der Waals surface area (Å²) in [5.74, 6) is -0.508. The van der Waals surface area contributed by atoms with E-state index in [1.165, 1.54) is 0 Å². The normalized spacial score (nSPS) is 10.2. The Balaban J connectivity index is 0.00000420. The van der Waals surface area contributed by atoms with Crippen molar-refractivity contribution in [3.05, 3.63) is 65.2 Å². The number of rotatable bonds is 9. The summed E-state index contributed by atoms with van der Waals surface area (Å²) >= 11 is 0. The summed E-state index contributed by atoms with van der Waals surface area (Å²) < 4.78 is 0. The molecule has 0 unspecified atom stereocenters. The molecule has 4 N–H and O–H groups in total. The van der Waals surface area contributed by atoms with E-state index in [-0.39, 0.29) is 36.6 Å². The third kappa shape index (κ3) is 7.95. The minimum atomic E-state index is -0.259. The Bertz CT molecular complexity index is 798. The summed E-state index contributed by atoms with van der Waals surface area (Å²) in [6, 6.07) is 15.0. The number of carbonyl (C=O) groups excluding carboxylic acids is 2. The van der Waals surface area contributed by atoms with Gasteiger partial charge in [-0.1, -0.05) is 31.2 Å². The fourth-order valence-electron chi connectivity index (χ4n) is 2.92. The lowest BCUT2D eigenvalue weighted by atomic mass is 10.1. The predicted molar refractivity (Wildman–Crippen MR) is 128 cm³/mol. The first-order chi connectivity index (χ1) is 13.5. The van der Waals surface area contributed by atoms with Crippen molar-refractivity contribution in [3.8, 4) is 0 Å². The number of carbonyl (C=O) groups is 2. The van der Waals surface area contributed by atoms with Crippen molar-refractivity contribution in [3.63, 3.8) is 0 Å². The minimum absolute atomic E-state index is 0. The van der Waals surface area contributed by atoms with Crippen LogP contribution in [-0.4, -0.2) is 42.4 Å². The Morgan fingerprint density at radius 2 is 1.63 bits per heavy atom. The zero-order chi connectivity index (χ0) is 20.5. The molecule has 0 radical (unpaired) electrons. The van der Waals surface area contributed by atoms with Crippen LogP contribution in [0.15, 0.2) is 48.5 Å². The van der Waals surface area contributed by atoms with Crippen LogP contribution in [-0.2, 0) is 6.54 Å². The quantitative estimate of drug-likeness (QED) is 0.538. The summed E-state index contributed by atoms with van der Waals surface area (Å²) in [6.45, 7) is 9.05. The third-order valence-corrected chi connectivity index (χ3v) is 4.59. The van der Waals surface area contributed by atoms with Gasteiger partial charge in [-0.2, -0.15) is 0 Å². The number of hydrogen-bond acceptors (Lipinski definition) is 4. The van der Waals surface area contributed by atoms with E-state index in [0.717, 1.165) is 18.7 Å². The van der Waals surface area contributed by atoms with E-state index in [1.54, 1.807) is 24.3 Å². The second-order valence-corrected chi connectivity index (χ2v) is 6.90. The number of nitrogens with two attached hydrogens (primary N) is 1. The highest BCUT2D eigenvalue weighted by Gasteiger charge is 2.14. The molecule has 0 heterocycles. The Kier molecular flexibility index (Phi) is 13.0. The smallest absolute Gasteiger partial charge is 0.255 e. The number of nitrogens with one attached hydrogen (secondary N) is 2. The van der Waals surface area contributed by atoms with Gasteiger partial charge in [0.05, 0.1) is 11.3 Å². The molecule has 166 valence electrons. The number of hydrogen-bond donors (Lipinski definition) is 3. The minimum Gasteiger partial charge on any atom is -0.351 e. The summed E-state index contributed by atoms with van der Waals surface area (Å²) in [5, 5.41) is 5.55. The highest BCUT2D eigenvalue weighted by atomic mass is 35.5. The maximum Gasteiger partial charge on any atom is 0.255 e. The van der Waals surface area contributed by atoms with Gasteiger partial charge in [-0.3, -0.25) is 14.5 Å². The number of nitrogens with zero attached hydrogens (tertiary/aromatic N) is 1. The van der Waals surface area contributed by atoms with E-state index in [0.29, 0.717) is 35.9 Å². The van der Waals surface area contributed by atoms with Crippen LogP contribution in [0.4, 0.5) is 5.69 Å². The van der Waals surface area contributed by atoms with Crippen molar-refractivity contribution in [1.29, 1.82) is 0 Å². The van der Waals surface area contributed by atoms with E-state index in [1.807, 2.05) is 24.3 Å². The van der Waals surface area contributed by atoms with Gasteiger partial charge in [0.1, 0.15) is 0 Å². The van der Waals surface area contributed by atoms with E-state index in [4.69, 9.17) is 5.73 Å². The van der Waals surface area contributed by atoms with Crippen LogP contribution in [0, 0.1) is 0 Å². The Labute approximate surface area is 191 Å². The van der Waals surface area contributed by atoms with Crippen LogP contribution in [0.2, 0.25) is 0 Å². The molecule has 0 saturated carbocycles. The molecule has 0 fully saturated rings. The summed E-state index contributed by atoms with van der Waals surface area (Å²) in [7, 11) is 0. The average molecular weight is 455 g/mol. The number of halogens is 2. The van der Waals surface area contributed by atoms with Gasteiger partial charge in [-0.15, -0.1) is 24.8 Å². The maximum absolute atomic E-state index is 12.6. The molecule has 0 saturated heterocycles. The maximum atomic E-state index is 12.6. The first-order valence-corrected chi connectivity index (χ1v) is 9.67. The highest BCUT2D eigenvalue weighted by Crippen LogP contribution is 2.17. The van der Waals surface area contributed by atoms with Crippen molar-refractivity contribution in [2.75, 3.05) is 25.0 Å². The second-order valence-electron chi connectivity index (χ2n) is 6.90. The van der Waals surface area contributed by atoms with Crippen molar-refractivity contribution < 1.29 is 9.59 Å². The Morgan fingerprint density at radius 1 is 1.00 bits per heavy atom. The van der Waals surface area contributed by atoms with Gasteiger partial charge in [0, 0.05) is 31.2 Å². The Hall–Kier alpha value is -2.12. The molecule has 0 atom stereocenters. The standard InChI is InChI=1S/C22H30N4O2.2ClH/c1-4-26(16(2)3)15-17-9-11-18(12-10-17)21(27)25-20-8-6-5-7-19(20)22(28)24-14-13-23;;/h5-12,16H,4,13-15,23H2,1-3H3,(H,24,28)(H,25,27);2*1H. The van der Waals surface area contributed by atoms with E-state index >= 15 is 0 Å². The largest absolute Gasteiger partial charge is 0.351 e. The van der Waals surface area contributed by atoms with E-state index in [9.17, 15) is 9.59 Å². The number of benzene rings is 2. The van der Waals surface area contributed by atoms with Crippen LogP contribution in [0.1, 0.15) is 47.1 Å². The molecule has 8 heteroatoms. The topological polar surface area (TPSA) is 87.5 Å². The van der Waals surface area contributed by atoms with Crippen LogP contribution in [0.25, 0.3) is 0 Å². The molecule has 2 aromatic carbocycles. The molecule has 2 amide bonds. The summed E-state index contributed by atoms with van der Waals surface area (Å²) in [6.07, 6.45) is 0. The molecule has 0 bridgehead atoms. The highest BCUT2D eigenvalue weighted by molar-refractivity contribution is 6.09. The molecule has 2 rings (SSSR count). The third-order valence-electron chi connectivity index (χ3n) is 4.59. The fraction of sp³-hybridized carbons (Fsp3) is 0.364. The lowest BCUT2D eigenvalue weighted by Gasteiger charge is -2.24. The van der Waals surface area contributed by atoms with Gasteiger partial charge < -0.3 is 16.4 Å². The average Bonchev–Trinajstić information content (AvgIpc) is 2.70.